The molecule has 1 atom stereocenters. The fourth-order valence-electron chi connectivity index (χ4n) is 2.04. The third-order valence-electron chi connectivity index (χ3n) is 3.53. The van der Waals surface area contributed by atoms with Crippen molar-refractivity contribution in [1.82, 2.24) is 0 Å². The molecule has 0 fully saturated rings. The molecule has 0 saturated heterocycles. The maximum atomic E-state index is 12.9. The lowest BCUT2D eigenvalue weighted by atomic mass is 10.1. The van der Waals surface area contributed by atoms with Crippen LogP contribution in [0.5, 0.6) is 5.75 Å². The third kappa shape index (κ3) is 4.07. The Morgan fingerprint density at radius 1 is 1.14 bits per heavy atom. The molecule has 0 aliphatic carbocycles. The minimum absolute atomic E-state index is 0.213. The normalized spacial score (nSPS) is 11.8. The summed E-state index contributed by atoms with van der Waals surface area (Å²) in [5.41, 5.74) is 3.03. The number of carbonyl (C=O) groups excluding carboxylic acids is 1. The average Bonchev–Trinajstić information content (AvgIpc) is 2.50. The zero-order chi connectivity index (χ0) is 16.1. The van der Waals surface area contributed by atoms with Gasteiger partial charge in [-0.3, -0.25) is 4.79 Å². The Morgan fingerprint density at radius 3 is 2.41 bits per heavy atom. The quantitative estimate of drug-likeness (QED) is 0.897. The Bertz CT molecular complexity index is 653. The van der Waals surface area contributed by atoms with Crippen molar-refractivity contribution in [3.8, 4) is 5.75 Å². The van der Waals surface area contributed by atoms with E-state index in [0.29, 0.717) is 12.2 Å². The number of ether oxygens (including phenoxy) is 1. The van der Waals surface area contributed by atoms with Gasteiger partial charge < -0.3 is 10.1 Å². The average molecular weight is 301 g/mol. The molecule has 2 aromatic rings. The maximum Gasteiger partial charge on any atom is 0.265 e. The van der Waals surface area contributed by atoms with Gasteiger partial charge in [0.25, 0.3) is 5.91 Å². The van der Waals surface area contributed by atoms with Crippen molar-refractivity contribution in [1.29, 1.82) is 0 Å². The second-order valence-corrected chi connectivity index (χ2v) is 5.26. The van der Waals surface area contributed by atoms with Crippen molar-refractivity contribution in [3.63, 3.8) is 0 Å². The van der Waals surface area contributed by atoms with E-state index in [0.717, 1.165) is 11.3 Å². The van der Waals surface area contributed by atoms with Crippen LogP contribution in [0.15, 0.2) is 42.5 Å². The van der Waals surface area contributed by atoms with Crippen LogP contribution in [0.2, 0.25) is 0 Å². The molecule has 0 heterocycles. The number of halogens is 1. The first-order valence-corrected chi connectivity index (χ1v) is 7.30. The highest BCUT2D eigenvalue weighted by Crippen LogP contribution is 2.17. The second kappa shape index (κ2) is 7.07. The highest BCUT2D eigenvalue weighted by molar-refractivity contribution is 5.94. The molecule has 3 nitrogen and oxygen atoms in total. The van der Waals surface area contributed by atoms with E-state index in [9.17, 15) is 9.18 Å². The van der Waals surface area contributed by atoms with E-state index in [2.05, 4.69) is 5.32 Å². The van der Waals surface area contributed by atoms with Crippen LogP contribution in [-0.2, 0) is 4.79 Å². The van der Waals surface area contributed by atoms with Crippen LogP contribution in [0.3, 0.4) is 0 Å². The van der Waals surface area contributed by atoms with E-state index < -0.39 is 6.10 Å². The van der Waals surface area contributed by atoms with Crippen molar-refractivity contribution in [2.45, 2.75) is 33.3 Å². The molecule has 22 heavy (non-hydrogen) atoms. The summed E-state index contributed by atoms with van der Waals surface area (Å²) in [6.07, 6.45) is -0.0966. The first-order chi connectivity index (χ1) is 10.5. The first-order valence-electron chi connectivity index (χ1n) is 7.30. The number of benzene rings is 2. The number of carbonyl (C=O) groups is 1. The molecule has 1 amide bonds. The van der Waals surface area contributed by atoms with Gasteiger partial charge in [0.15, 0.2) is 6.10 Å². The largest absolute Gasteiger partial charge is 0.481 e. The van der Waals surface area contributed by atoms with Crippen molar-refractivity contribution in [2.75, 3.05) is 5.32 Å². The van der Waals surface area contributed by atoms with Gasteiger partial charge >= 0.3 is 0 Å². The number of nitrogens with one attached hydrogen (secondary N) is 1. The van der Waals surface area contributed by atoms with Crippen LogP contribution in [0.1, 0.15) is 24.5 Å². The molecule has 1 N–H and O–H groups in total. The molecule has 116 valence electrons. The van der Waals surface area contributed by atoms with Gasteiger partial charge in [-0.05, 0) is 67.8 Å². The standard InChI is InChI=1S/C18H20FNO2/c1-4-17(22-16-9-6-14(19)7-10-16)18(21)20-15-8-5-12(2)13(3)11-15/h5-11,17H,4H2,1-3H3,(H,20,21)/t17-/m0/s1. The first kappa shape index (κ1) is 16.0. The molecule has 0 radical (unpaired) electrons. The van der Waals surface area contributed by atoms with Crippen LogP contribution in [0, 0.1) is 19.7 Å². The summed E-state index contributed by atoms with van der Waals surface area (Å²) in [5, 5.41) is 2.85. The third-order valence-corrected chi connectivity index (χ3v) is 3.53. The molecule has 0 aliphatic heterocycles. The molecule has 0 bridgehead atoms. The predicted octanol–water partition coefficient (Wildman–Crippen LogP) is 4.24. The SMILES string of the molecule is CC[C@H](Oc1ccc(F)cc1)C(=O)Nc1ccc(C)c(C)c1. The summed E-state index contributed by atoms with van der Waals surface area (Å²) in [5.74, 6) is -0.0708. The minimum atomic E-state index is -0.618. The summed E-state index contributed by atoms with van der Waals surface area (Å²) in [6, 6.07) is 11.4. The van der Waals surface area contributed by atoms with Crippen LogP contribution in [0.4, 0.5) is 10.1 Å². The maximum absolute atomic E-state index is 12.9. The molecule has 0 spiro atoms. The van der Waals surface area contributed by atoms with E-state index in [1.54, 1.807) is 0 Å². The lowest BCUT2D eigenvalue weighted by Crippen LogP contribution is -2.32. The molecule has 0 aliphatic rings. The van der Waals surface area contributed by atoms with Gasteiger partial charge in [-0.1, -0.05) is 13.0 Å². The van der Waals surface area contributed by atoms with Crippen molar-refractivity contribution in [2.24, 2.45) is 0 Å². The highest BCUT2D eigenvalue weighted by atomic mass is 19.1. The van der Waals surface area contributed by atoms with Gasteiger partial charge in [0.05, 0.1) is 0 Å². The Morgan fingerprint density at radius 2 is 1.82 bits per heavy atom. The van der Waals surface area contributed by atoms with E-state index in [4.69, 9.17) is 4.74 Å². The summed E-state index contributed by atoms with van der Waals surface area (Å²) in [4.78, 5) is 12.3. The van der Waals surface area contributed by atoms with Gasteiger partial charge in [-0.25, -0.2) is 4.39 Å². The van der Waals surface area contributed by atoms with Crippen molar-refractivity contribution in [3.05, 3.63) is 59.4 Å². The zero-order valence-corrected chi connectivity index (χ0v) is 13.0. The molecule has 2 rings (SSSR count). The fourth-order valence-corrected chi connectivity index (χ4v) is 2.04. The smallest absolute Gasteiger partial charge is 0.265 e. The van der Waals surface area contributed by atoms with E-state index in [1.807, 2.05) is 39.0 Å². The number of hydrogen-bond acceptors (Lipinski definition) is 2. The molecular weight excluding hydrogens is 281 g/mol. The van der Waals surface area contributed by atoms with E-state index >= 15 is 0 Å². The number of aryl methyl sites for hydroxylation is 2. The van der Waals surface area contributed by atoms with Crippen LogP contribution in [0.25, 0.3) is 0 Å². The summed E-state index contributed by atoms with van der Waals surface area (Å²) in [6.45, 7) is 5.89. The number of rotatable bonds is 5. The van der Waals surface area contributed by atoms with Gasteiger partial charge in [0, 0.05) is 5.69 Å². The van der Waals surface area contributed by atoms with E-state index in [-0.39, 0.29) is 11.7 Å². The summed E-state index contributed by atoms with van der Waals surface area (Å²) >= 11 is 0. The molecular formula is C18H20FNO2. The Labute approximate surface area is 130 Å². The second-order valence-electron chi connectivity index (χ2n) is 5.26. The minimum Gasteiger partial charge on any atom is -0.481 e. The Balaban J connectivity index is 2.04. The monoisotopic (exact) mass is 301 g/mol. The van der Waals surface area contributed by atoms with Crippen LogP contribution < -0.4 is 10.1 Å². The molecule has 2 aromatic carbocycles. The molecule has 4 heteroatoms. The number of hydrogen-bond donors (Lipinski definition) is 1. The van der Waals surface area contributed by atoms with Crippen LogP contribution >= 0.6 is 0 Å². The van der Waals surface area contributed by atoms with E-state index in [1.165, 1.54) is 29.8 Å². The van der Waals surface area contributed by atoms with Gasteiger partial charge in [-0.2, -0.15) is 0 Å². The van der Waals surface area contributed by atoms with Crippen LogP contribution in [-0.4, -0.2) is 12.0 Å². The Hall–Kier alpha value is -2.36. The topological polar surface area (TPSA) is 38.3 Å². The zero-order valence-electron chi connectivity index (χ0n) is 13.0. The lowest BCUT2D eigenvalue weighted by Gasteiger charge is -2.17. The van der Waals surface area contributed by atoms with Gasteiger partial charge in [0.1, 0.15) is 11.6 Å². The Kier molecular flexibility index (Phi) is 5.15. The summed E-state index contributed by atoms with van der Waals surface area (Å²) in [7, 11) is 0. The van der Waals surface area contributed by atoms with Crippen molar-refractivity contribution >= 4 is 11.6 Å². The molecule has 0 aromatic heterocycles. The number of amides is 1. The highest BCUT2D eigenvalue weighted by Gasteiger charge is 2.18. The number of anilines is 1. The molecule has 0 unspecified atom stereocenters. The van der Waals surface area contributed by atoms with Crippen molar-refractivity contribution < 1.29 is 13.9 Å². The van der Waals surface area contributed by atoms with Gasteiger partial charge in [0.2, 0.25) is 0 Å². The lowest BCUT2D eigenvalue weighted by molar-refractivity contribution is -0.122. The fraction of sp³-hybridized carbons (Fsp3) is 0.278. The predicted molar refractivity (Wildman–Crippen MR) is 85.7 cm³/mol. The molecule has 0 saturated carbocycles. The summed E-state index contributed by atoms with van der Waals surface area (Å²) < 4.78 is 18.5. The van der Waals surface area contributed by atoms with Gasteiger partial charge in [-0.15, -0.1) is 0 Å².